The molecule has 0 aliphatic carbocycles. The van der Waals surface area contributed by atoms with Crippen LogP contribution in [0.3, 0.4) is 0 Å². The third kappa shape index (κ3) is 5.63. The summed E-state index contributed by atoms with van der Waals surface area (Å²) in [7, 11) is 1.62. The molecule has 1 saturated heterocycles. The Balaban J connectivity index is 1.63. The Bertz CT molecular complexity index is 1010. The lowest BCUT2D eigenvalue weighted by atomic mass is 10.1. The summed E-state index contributed by atoms with van der Waals surface area (Å²) in [4.78, 5) is 40.3. The number of ether oxygens (including phenoxy) is 1. The van der Waals surface area contributed by atoms with E-state index in [4.69, 9.17) is 28.6 Å². The van der Waals surface area contributed by atoms with Gasteiger partial charge in [0.2, 0.25) is 5.91 Å². The van der Waals surface area contributed by atoms with Crippen LogP contribution in [0.15, 0.2) is 48.5 Å². The fraction of sp³-hybridized carbons (Fsp3) is 0.304. The van der Waals surface area contributed by atoms with Crippen LogP contribution in [0.1, 0.15) is 29.3 Å². The predicted molar refractivity (Wildman–Crippen MR) is 127 cm³/mol. The predicted octanol–water partition coefficient (Wildman–Crippen LogP) is 3.52. The first-order valence-electron chi connectivity index (χ1n) is 10.2. The molecule has 1 atom stereocenters. The second-order valence-corrected chi connectivity index (χ2v) is 8.12. The number of hydrogen-bond donors (Lipinski definition) is 1. The van der Waals surface area contributed by atoms with Gasteiger partial charge in [0, 0.05) is 24.3 Å². The highest BCUT2D eigenvalue weighted by atomic mass is 35.5. The topological polar surface area (TPSA) is 78.9 Å². The van der Waals surface area contributed by atoms with Gasteiger partial charge >= 0.3 is 5.97 Å². The van der Waals surface area contributed by atoms with Gasteiger partial charge in [-0.15, -0.1) is 0 Å². The molecule has 2 aromatic carbocycles. The average molecular weight is 474 g/mol. The van der Waals surface area contributed by atoms with Crippen molar-refractivity contribution in [3.8, 4) is 0 Å². The van der Waals surface area contributed by atoms with Crippen LogP contribution in [0.5, 0.6) is 0 Å². The number of likely N-dealkylation sites (N-methyl/N-ethyl adjacent to an activating group) is 1. The van der Waals surface area contributed by atoms with Gasteiger partial charge in [0.1, 0.15) is 6.04 Å². The molecule has 1 fully saturated rings. The van der Waals surface area contributed by atoms with Crippen molar-refractivity contribution in [1.82, 2.24) is 9.80 Å². The Morgan fingerprint density at radius 2 is 1.78 bits per heavy atom. The van der Waals surface area contributed by atoms with Crippen LogP contribution in [0.4, 0.5) is 5.69 Å². The summed E-state index contributed by atoms with van der Waals surface area (Å²) < 4.78 is 4.95. The zero-order chi connectivity index (χ0) is 23.3. The van der Waals surface area contributed by atoms with Crippen LogP contribution < -0.4 is 5.32 Å². The van der Waals surface area contributed by atoms with E-state index in [1.807, 2.05) is 24.3 Å². The summed E-state index contributed by atoms with van der Waals surface area (Å²) in [5.74, 6) is -0.949. The molecule has 0 aromatic heterocycles. The molecule has 168 valence electrons. The highest BCUT2D eigenvalue weighted by molar-refractivity contribution is 7.80. The van der Waals surface area contributed by atoms with Crippen LogP contribution in [0.25, 0.3) is 0 Å². The van der Waals surface area contributed by atoms with Crippen LogP contribution >= 0.6 is 23.8 Å². The van der Waals surface area contributed by atoms with Gasteiger partial charge in [-0.1, -0.05) is 23.7 Å². The van der Waals surface area contributed by atoms with Gasteiger partial charge < -0.3 is 15.0 Å². The molecule has 1 N–H and O–H groups in total. The molecule has 0 unspecified atom stereocenters. The van der Waals surface area contributed by atoms with Gasteiger partial charge in [-0.2, -0.15) is 0 Å². The number of thiocarbonyl (C=S) groups is 1. The highest BCUT2D eigenvalue weighted by Crippen LogP contribution is 2.21. The molecular formula is C23H24ClN3O4S. The van der Waals surface area contributed by atoms with Gasteiger partial charge in [0.15, 0.2) is 5.11 Å². The largest absolute Gasteiger partial charge is 0.462 e. The first-order chi connectivity index (χ1) is 15.3. The summed E-state index contributed by atoms with van der Waals surface area (Å²) in [6, 6.07) is 13.2. The molecule has 0 bridgehead atoms. The van der Waals surface area contributed by atoms with Gasteiger partial charge in [-0.25, -0.2) is 4.79 Å². The van der Waals surface area contributed by atoms with Crippen molar-refractivity contribution < 1.29 is 19.1 Å². The quantitative estimate of drug-likeness (QED) is 0.467. The molecule has 3 rings (SSSR count). The number of halogens is 1. The van der Waals surface area contributed by atoms with Crippen molar-refractivity contribution in [3.63, 3.8) is 0 Å². The van der Waals surface area contributed by atoms with Gasteiger partial charge in [-0.05, 0) is 67.5 Å². The molecule has 0 radical (unpaired) electrons. The van der Waals surface area contributed by atoms with Crippen LogP contribution in [0, 0.1) is 0 Å². The van der Waals surface area contributed by atoms with Crippen molar-refractivity contribution in [1.29, 1.82) is 0 Å². The third-order valence-electron chi connectivity index (χ3n) is 5.14. The molecule has 32 heavy (non-hydrogen) atoms. The Hall–Kier alpha value is -2.97. The van der Waals surface area contributed by atoms with Crippen molar-refractivity contribution in [2.45, 2.75) is 25.8 Å². The average Bonchev–Trinajstić information content (AvgIpc) is 2.97. The monoisotopic (exact) mass is 473 g/mol. The van der Waals surface area contributed by atoms with E-state index in [0.29, 0.717) is 34.4 Å². The molecular weight excluding hydrogens is 450 g/mol. The van der Waals surface area contributed by atoms with E-state index in [1.165, 1.54) is 4.90 Å². The fourth-order valence-corrected chi connectivity index (χ4v) is 3.85. The molecule has 7 nitrogen and oxygen atoms in total. The standard InChI is InChI=1S/C23H24ClN3O4S/c1-3-31-22(30)16-6-10-18(11-7-16)25-20(28)14-19-21(29)26(2)23(32)27(19)13-12-15-4-8-17(24)9-5-15/h4-11,19H,3,12-14H2,1-2H3,(H,25,28)/t19-/m0/s1. The molecule has 2 amide bonds. The smallest absolute Gasteiger partial charge is 0.338 e. The normalized spacial score (nSPS) is 15.8. The van der Waals surface area contributed by atoms with Crippen molar-refractivity contribution >= 4 is 52.4 Å². The number of esters is 1. The second kappa shape index (κ2) is 10.6. The van der Waals surface area contributed by atoms with Gasteiger partial charge in [-0.3, -0.25) is 14.5 Å². The maximum Gasteiger partial charge on any atom is 0.338 e. The van der Waals surface area contributed by atoms with Crippen molar-refractivity contribution in [2.24, 2.45) is 0 Å². The zero-order valence-corrected chi connectivity index (χ0v) is 19.4. The number of benzene rings is 2. The van der Waals surface area contributed by atoms with Crippen molar-refractivity contribution in [2.75, 3.05) is 25.5 Å². The SMILES string of the molecule is CCOC(=O)c1ccc(NC(=O)C[C@H]2C(=O)N(C)C(=S)N2CCc2ccc(Cl)cc2)cc1. The highest BCUT2D eigenvalue weighted by Gasteiger charge is 2.41. The number of carbonyl (C=O) groups is 3. The summed E-state index contributed by atoms with van der Waals surface area (Å²) in [5, 5.41) is 3.83. The molecule has 1 aliphatic heterocycles. The van der Waals surface area contributed by atoms with Gasteiger partial charge in [0.05, 0.1) is 18.6 Å². The Morgan fingerprint density at radius 1 is 1.12 bits per heavy atom. The number of hydrogen-bond acceptors (Lipinski definition) is 5. The number of nitrogens with one attached hydrogen (secondary N) is 1. The first kappa shape index (κ1) is 23.7. The third-order valence-corrected chi connectivity index (χ3v) is 5.90. The number of nitrogens with zero attached hydrogens (tertiary/aromatic N) is 2. The van der Waals surface area contributed by atoms with Gasteiger partial charge in [0.25, 0.3) is 5.91 Å². The number of rotatable bonds is 8. The van der Waals surface area contributed by atoms with Crippen LogP contribution in [-0.4, -0.2) is 58.9 Å². The van der Waals surface area contributed by atoms with E-state index in [-0.39, 0.29) is 24.8 Å². The fourth-order valence-electron chi connectivity index (χ4n) is 3.42. The molecule has 0 saturated carbocycles. The number of anilines is 1. The summed E-state index contributed by atoms with van der Waals surface area (Å²) in [6.07, 6.45) is 0.620. The van der Waals surface area contributed by atoms with E-state index < -0.39 is 12.0 Å². The van der Waals surface area contributed by atoms with E-state index in [9.17, 15) is 14.4 Å². The van der Waals surface area contributed by atoms with Crippen molar-refractivity contribution in [3.05, 3.63) is 64.7 Å². The minimum absolute atomic E-state index is 0.0381. The minimum atomic E-state index is -0.668. The Morgan fingerprint density at radius 3 is 2.41 bits per heavy atom. The van der Waals surface area contributed by atoms with Crippen LogP contribution in [-0.2, 0) is 20.7 Å². The summed E-state index contributed by atoms with van der Waals surface area (Å²) >= 11 is 11.4. The van der Waals surface area contributed by atoms with E-state index in [0.717, 1.165) is 5.56 Å². The maximum atomic E-state index is 12.7. The Labute approximate surface area is 197 Å². The number of carbonyl (C=O) groups excluding carboxylic acids is 3. The minimum Gasteiger partial charge on any atom is -0.462 e. The summed E-state index contributed by atoms with van der Waals surface area (Å²) in [6.45, 7) is 2.53. The van der Waals surface area contributed by atoms with E-state index in [1.54, 1.807) is 43.1 Å². The maximum absolute atomic E-state index is 12.7. The number of amides is 2. The second-order valence-electron chi connectivity index (χ2n) is 7.32. The summed E-state index contributed by atoms with van der Waals surface area (Å²) in [5.41, 5.74) is 1.98. The molecule has 0 spiro atoms. The van der Waals surface area contributed by atoms with Crippen LogP contribution in [0.2, 0.25) is 5.02 Å². The zero-order valence-electron chi connectivity index (χ0n) is 17.8. The lowest BCUT2D eigenvalue weighted by molar-refractivity contribution is -0.130. The molecule has 1 heterocycles. The van der Waals surface area contributed by atoms with E-state index >= 15 is 0 Å². The van der Waals surface area contributed by atoms with E-state index in [2.05, 4.69) is 5.32 Å². The molecule has 2 aromatic rings. The first-order valence-corrected chi connectivity index (χ1v) is 11.0. The molecule has 9 heteroatoms. The lowest BCUT2D eigenvalue weighted by Gasteiger charge is -2.23. The molecule has 1 aliphatic rings. The Kier molecular flexibility index (Phi) is 7.82. The lowest BCUT2D eigenvalue weighted by Crippen LogP contribution is -2.39.